The van der Waals surface area contributed by atoms with Crippen molar-refractivity contribution >= 4 is 31.9 Å². The molecule has 0 unspecified atom stereocenters. The molecule has 0 atom stereocenters. The number of hydrogen-bond acceptors (Lipinski definition) is 5. The van der Waals surface area contributed by atoms with Crippen molar-refractivity contribution < 1.29 is 22.7 Å². The fourth-order valence-corrected chi connectivity index (χ4v) is 3.06. The van der Waals surface area contributed by atoms with E-state index in [1.54, 1.807) is 12.1 Å². The molecule has 20 heavy (non-hydrogen) atoms. The molecule has 2 N–H and O–H groups in total. The summed E-state index contributed by atoms with van der Waals surface area (Å²) in [5.41, 5.74) is -0.405. The van der Waals surface area contributed by atoms with Crippen molar-refractivity contribution in [2.75, 3.05) is 7.05 Å². The molecule has 0 aliphatic heterocycles. The Hall–Kier alpha value is -1.65. The first-order chi connectivity index (χ1) is 9.32. The summed E-state index contributed by atoms with van der Waals surface area (Å²) in [6, 6.07) is 3.25. The summed E-state index contributed by atoms with van der Waals surface area (Å²) in [6.45, 7) is -0.0357. The number of aromatic carboxylic acids is 1. The van der Waals surface area contributed by atoms with Gasteiger partial charge in [0.1, 0.15) is 11.3 Å². The third-order valence-electron chi connectivity index (χ3n) is 2.51. The van der Waals surface area contributed by atoms with Crippen LogP contribution in [0.5, 0.6) is 0 Å². The molecule has 0 radical (unpaired) electrons. The van der Waals surface area contributed by atoms with Crippen molar-refractivity contribution in [3.63, 3.8) is 0 Å². The third-order valence-corrected chi connectivity index (χ3v) is 4.71. The van der Waals surface area contributed by atoms with E-state index in [9.17, 15) is 13.2 Å². The van der Waals surface area contributed by atoms with Crippen molar-refractivity contribution in [2.24, 2.45) is 0 Å². The summed E-state index contributed by atoms with van der Waals surface area (Å²) in [4.78, 5) is 10.9. The van der Waals surface area contributed by atoms with Gasteiger partial charge in [0.25, 0.3) is 10.0 Å². The highest BCUT2D eigenvalue weighted by molar-refractivity contribution is 9.10. The van der Waals surface area contributed by atoms with Gasteiger partial charge >= 0.3 is 5.97 Å². The first kappa shape index (κ1) is 14.8. The lowest BCUT2D eigenvalue weighted by molar-refractivity contribution is 0.0692. The van der Waals surface area contributed by atoms with E-state index in [4.69, 9.17) is 9.52 Å². The number of aromatic amines is 1. The number of carboxylic acids is 1. The molecule has 8 nitrogen and oxygen atoms in total. The van der Waals surface area contributed by atoms with Crippen LogP contribution in [-0.2, 0) is 16.6 Å². The molecule has 0 aromatic carbocycles. The van der Waals surface area contributed by atoms with Crippen molar-refractivity contribution in [3.05, 3.63) is 34.3 Å². The lowest BCUT2D eigenvalue weighted by Crippen LogP contribution is -2.28. The number of sulfonamides is 1. The van der Waals surface area contributed by atoms with Crippen LogP contribution in [0.1, 0.15) is 16.1 Å². The minimum Gasteiger partial charge on any atom is -0.478 e. The van der Waals surface area contributed by atoms with Crippen LogP contribution >= 0.6 is 15.9 Å². The number of halogens is 1. The molecular formula is C10H10BrN3O5S. The van der Waals surface area contributed by atoms with Crippen LogP contribution < -0.4 is 0 Å². The van der Waals surface area contributed by atoms with Gasteiger partial charge in [-0.05, 0) is 28.1 Å². The number of hydrogen-bond donors (Lipinski definition) is 2. The number of aromatic nitrogens is 2. The highest BCUT2D eigenvalue weighted by atomic mass is 79.9. The minimum atomic E-state index is -4.00. The molecule has 2 heterocycles. The number of H-pyrrole nitrogens is 1. The second kappa shape index (κ2) is 5.38. The fourth-order valence-electron chi connectivity index (χ4n) is 1.52. The second-order valence-corrected chi connectivity index (χ2v) is 6.65. The van der Waals surface area contributed by atoms with Gasteiger partial charge in [-0.15, -0.1) is 0 Å². The predicted octanol–water partition coefficient (Wildman–Crippen LogP) is 1.28. The average Bonchev–Trinajstić information content (AvgIpc) is 2.98. The van der Waals surface area contributed by atoms with E-state index in [2.05, 4.69) is 26.1 Å². The van der Waals surface area contributed by atoms with Gasteiger partial charge in [-0.2, -0.15) is 9.40 Å². The van der Waals surface area contributed by atoms with Gasteiger partial charge in [-0.25, -0.2) is 13.2 Å². The molecule has 0 aliphatic carbocycles. The number of rotatable bonds is 5. The molecule has 10 heteroatoms. The fraction of sp³-hybridized carbons (Fsp3) is 0.200. The number of carboxylic acid groups (broad SMARTS) is 1. The molecule has 108 valence electrons. The molecule has 0 spiro atoms. The van der Waals surface area contributed by atoms with E-state index in [1.807, 2.05) is 0 Å². The quantitative estimate of drug-likeness (QED) is 0.826. The molecule has 0 saturated carbocycles. The SMILES string of the molecule is CN(Cc1ccc(Br)o1)S(=O)(=O)c1[nH]ncc1C(=O)O. The van der Waals surface area contributed by atoms with Crippen molar-refractivity contribution in [1.29, 1.82) is 0 Å². The summed E-state index contributed by atoms with van der Waals surface area (Å²) >= 11 is 3.11. The summed E-state index contributed by atoms with van der Waals surface area (Å²) in [6.07, 6.45) is 0.951. The number of carbonyl (C=O) groups is 1. The van der Waals surface area contributed by atoms with Crippen molar-refractivity contribution in [3.8, 4) is 0 Å². The summed E-state index contributed by atoms with van der Waals surface area (Å²) in [5, 5.41) is 14.1. The lowest BCUT2D eigenvalue weighted by atomic mass is 10.4. The van der Waals surface area contributed by atoms with Gasteiger partial charge in [0, 0.05) is 7.05 Å². The topological polar surface area (TPSA) is 117 Å². The van der Waals surface area contributed by atoms with Gasteiger partial charge < -0.3 is 9.52 Å². The monoisotopic (exact) mass is 363 g/mol. The smallest absolute Gasteiger partial charge is 0.340 e. The van der Waals surface area contributed by atoms with E-state index in [-0.39, 0.29) is 6.54 Å². The van der Waals surface area contributed by atoms with E-state index < -0.39 is 26.6 Å². The zero-order chi connectivity index (χ0) is 14.9. The predicted molar refractivity (Wildman–Crippen MR) is 70.6 cm³/mol. The molecule has 2 aromatic rings. The van der Waals surface area contributed by atoms with Gasteiger partial charge in [0.15, 0.2) is 9.70 Å². The molecule has 0 fully saturated rings. The first-order valence-electron chi connectivity index (χ1n) is 5.29. The molecule has 0 bridgehead atoms. The Morgan fingerprint density at radius 1 is 1.55 bits per heavy atom. The largest absolute Gasteiger partial charge is 0.478 e. The van der Waals surface area contributed by atoms with E-state index >= 15 is 0 Å². The van der Waals surface area contributed by atoms with Gasteiger partial charge in [0.05, 0.1) is 12.7 Å². The maximum atomic E-state index is 12.3. The molecule has 2 aromatic heterocycles. The Labute approximate surface area is 122 Å². The number of nitrogens with one attached hydrogen (secondary N) is 1. The summed E-state index contributed by atoms with van der Waals surface area (Å²) in [7, 11) is -2.68. The van der Waals surface area contributed by atoms with Crippen LogP contribution in [0, 0.1) is 0 Å². The lowest BCUT2D eigenvalue weighted by Gasteiger charge is -2.14. The highest BCUT2D eigenvalue weighted by Gasteiger charge is 2.29. The van der Waals surface area contributed by atoms with Crippen LogP contribution in [0.2, 0.25) is 0 Å². The normalized spacial score (nSPS) is 11.9. The standard InChI is InChI=1S/C10H10BrN3O5S/c1-14(5-6-2-3-8(11)19-6)20(17,18)9-7(10(15)16)4-12-13-9/h2-4H,5H2,1H3,(H,12,13)(H,15,16). The number of furan rings is 1. The minimum absolute atomic E-state index is 0.0357. The Kier molecular flexibility index (Phi) is 3.97. The van der Waals surface area contributed by atoms with E-state index in [0.29, 0.717) is 10.4 Å². The van der Waals surface area contributed by atoms with Gasteiger partial charge in [-0.3, -0.25) is 5.10 Å². The van der Waals surface area contributed by atoms with E-state index in [0.717, 1.165) is 10.5 Å². The Balaban J connectivity index is 2.30. The molecule has 2 rings (SSSR count). The zero-order valence-corrected chi connectivity index (χ0v) is 12.6. The van der Waals surface area contributed by atoms with Crippen LogP contribution in [0.25, 0.3) is 0 Å². The van der Waals surface area contributed by atoms with Crippen LogP contribution in [0.3, 0.4) is 0 Å². The van der Waals surface area contributed by atoms with Gasteiger partial charge in [-0.1, -0.05) is 0 Å². The maximum absolute atomic E-state index is 12.3. The average molecular weight is 364 g/mol. The van der Waals surface area contributed by atoms with Crippen LogP contribution in [0.15, 0.2) is 32.4 Å². The summed E-state index contributed by atoms with van der Waals surface area (Å²) in [5.74, 6) is -0.953. The second-order valence-electron chi connectivity index (χ2n) is 3.88. The number of nitrogens with zero attached hydrogens (tertiary/aromatic N) is 2. The highest BCUT2D eigenvalue weighted by Crippen LogP contribution is 2.20. The molecule has 0 amide bonds. The third kappa shape index (κ3) is 2.76. The molecule has 0 saturated heterocycles. The van der Waals surface area contributed by atoms with Crippen LogP contribution in [-0.4, -0.2) is 41.0 Å². The molecule has 0 aliphatic rings. The van der Waals surface area contributed by atoms with Crippen molar-refractivity contribution in [2.45, 2.75) is 11.6 Å². The molecular weight excluding hydrogens is 354 g/mol. The Morgan fingerprint density at radius 3 is 2.80 bits per heavy atom. The Bertz CT molecular complexity index is 736. The Morgan fingerprint density at radius 2 is 2.25 bits per heavy atom. The van der Waals surface area contributed by atoms with Crippen LogP contribution in [0.4, 0.5) is 0 Å². The van der Waals surface area contributed by atoms with Crippen molar-refractivity contribution in [1.82, 2.24) is 14.5 Å². The zero-order valence-electron chi connectivity index (χ0n) is 10.2. The first-order valence-corrected chi connectivity index (χ1v) is 7.53. The van der Waals surface area contributed by atoms with E-state index in [1.165, 1.54) is 7.05 Å². The maximum Gasteiger partial charge on any atom is 0.340 e. The summed E-state index contributed by atoms with van der Waals surface area (Å²) < 4.78 is 31.2. The van der Waals surface area contributed by atoms with Gasteiger partial charge in [0.2, 0.25) is 0 Å².